The summed E-state index contributed by atoms with van der Waals surface area (Å²) in [6.45, 7) is 0. The fraction of sp³-hybridized carbons (Fsp3) is 0.500. The molecule has 0 radical (unpaired) electrons. The number of hydrazine groups is 1. The SMILES string of the molecule is O=C(NNC1CCC(O)CC1)c1ccccn1. The molecular weight excluding hydrogens is 218 g/mol. The van der Waals surface area contributed by atoms with Crippen molar-refractivity contribution in [2.75, 3.05) is 0 Å². The molecule has 1 aliphatic carbocycles. The van der Waals surface area contributed by atoms with E-state index in [1.54, 1.807) is 24.4 Å². The van der Waals surface area contributed by atoms with Gasteiger partial charge in [0.2, 0.25) is 0 Å². The van der Waals surface area contributed by atoms with Gasteiger partial charge in [0.1, 0.15) is 5.69 Å². The summed E-state index contributed by atoms with van der Waals surface area (Å²) in [6, 6.07) is 5.46. The minimum absolute atomic E-state index is 0.181. The zero-order valence-electron chi connectivity index (χ0n) is 9.60. The first-order chi connectivity index (χ1) is 8.25. The summed E-state index contributed by atoms with van der Waals surface area (Å²) in [5.74, 6) is -0.225. The number of aliphatic hydroxyl groups excluding tert-OH is 1. The summed E-state index contributed by atoms with van der Waals surface area (Å²) in [6.07, 6.45) is 4.74. The Bertz CT molecular complexity index is 361. The minimum atomic E-state index is -0.225. The van der Waals surface area contributed by atoms with Crippen molar-refractivity contribution >= 4 is 5.91 Å². The molecule has 1 amide bonds. The van der Waals surface area contributed by atoms with Crippen molar-refractivity contribution in [3.8, 4) is 0 Å². The van der Waals surface area contributed by atoms with E-state index < -0.39 is 0 Å². The first-order valence-corrected chi connectivity index (χ1v) is 5.90. The lowest BCUT2D eigenvalue weighted by Crippen LogP contribution is -2.46. The van der Waals surface area contributed by atoms with Crippen molar-refractivity contribution < 1.29 is 9.90 Å². The molecule has 2 rings (SSSR count). The summed E-state index contributed by atoms with van der Waals surface area (Å²) < 4.78 is 0. The van der Waals surface area contributed by atoms with Gasteiger partial charge in [0, 0.05) is 12.2 Å². The number of amides is 1. The van der Waals surface area contributed by atoms with E-state index in [1.165, 1.54) is 0 Å². The number of hydrogen-bond acceptors (Lipinski definition) is 4. The Morgan fingerprint density at radius 3 is 2.71 bits per heavy atom. The van der Waals surface area contributed by atoms with Gasteiger partial charge in [0.15, 0.2) is 0 Å². The number of pyridine rings is 1. The van der Waals surface area contributed by atoms with E-state index >= 15 is 0 Å². The lowest BCUT2D eigenvalue weighted by Gasteiger charge is -2.26. The highest BCUT2D eigenvalue weighted by Crippen LogP contribution is 2.17. The van der Waals surface area contributed by atoms with Crippen LogP contribution in [0.4, 0.5) is 0 Å². The van der Waals surface area contributed by atoms with Gasteiger partial charge in [0.05, 0.1) is 6.10 Å². The lowest BCUT2D eigenvalue weighted by molar-refractivity contribution is 0.0882. The summed E-state index contributed by atoms with van der Waals surface area (Å²) in [5, 5.41) is 9.36. The van der Waals surface area contributed by atoms with E-state index in [9.17, 15) is 9.90 Å². The van der Waals surface area contributed by atoms with Crippen LogP contribution in [0.2, 0.25) is 0 Å². The van der Waals surface area contributed by atoms with Crippen LogP contribution in [0.5, 0.6) is 0 Å². The highest BCUT2D eigenvalue weighted by atomic mass is 16.3. The summed E-state index contributed by atoms with van der Waals surface area (Å²) >= 11 is 0. The first-order valence-electron chi connectivity index (χ1n) is 5.90. The maximum Gasteiger partial charge on any atom is 0.283 e. The molecule has 3 N–H and O–H groups in total. The summed E-state index contributed by atoms with van der Waals surface area (Å²) in [5.41, 5.74) is 6.04. The second kappa shape index (κ2) is 5.75. The summed E-state index contributed by atoms with van der Waals surface area (Å²) in [4.78, 5) is 15.6. The molecule has 5 heteroatoms. The van der Waals surface area contributed by atoms with E-state index in [1.807, 2.05) is 0 Å². The third-order valence-corrected chi connectivity index (χ3v) is 2.98. The molecule has 0 unspecified atom stereocenters. The average molecular weight is 235 g/mol. The monoisotopic (exact) mass is 235 g/mol. The Balaban J connectivity index is 1.77. The molecule has 17 heavy (non-hydrogen) atoms. The normalized spacial score (nSPS) is 24.3. The quantitative estimate of drug-likeness (QED) is 0.671. The maximum atomic E-state index is 11.7. The molecule has 1 aliphatic rings. The molecule has 0 spiro atoms. The average Bonchev–Trinajstić information content (AvgIpc) is 2.39. The van der Waals surface area contributed by atoms with Gasteiger partial charge in [-0.15, -0.1) is 0 Å². The Morgan fingerprint density at radius 1 is 1.29 bits per heavy atom. The molecule has 1 saturated carbocycles. The minimum Gasteiger partial charge on any atom is -0.393 e. The van der Waals surface area contributed by atoms with Crippen LogP contribution in [0, 0.1) is 0 Å². The van der Waals surface area contributed by atoms with Gasteiger partial charge in [-0.2, -0.15) is 0 Å². The predicted molar refractivity (Wildman–Crippen MR) is 63.1 cm³/mol. The molecule has 1 fully saturated rings. The van der Waals surface area contributed by atoms with E-state index in [0.717, 1.165) is 25.7 Å². The van der Waals surface area contributed by atoms with E-state index in [-0.39, 0.29) is 18.1 Å². The predicted octanol–water partition coefficient (Wildman–Crippen LogP) is 0.619. The molecule has 1 heterocycles. The van der Waals surface area contributed by atoms with Gasteiger partial charge in [-0.1, -0.05) is 6.07 Å². The number of carbonyl (C=O) groups is 1. The van der Waals surface area contributed by atoms with Crippen LogP contribution in [0.3, 0.4) is 0 Å². The molecule has 0 bridgehead atoms. The fourth-order valence-corrected chi connectivity index (χ4v) is 1.95. The topological polar surface area (TPSA) is 74.2 Å². The Kier molecular flexibility index (Phi) is 4.06. The van der Waals surface area contributed by atoms with Crippen LogP contribution >= 0.6 is 0 Å². The third-order valence-electron chi connectivity index (χ3n) is 2.98. The van der Waals surface area contributed by atoms with Crippen LogP contribution < -0.4 is 10.9 Å². The van der Waals surface area contributed by atoms with Crippen molar-refractivity contribution in [3.05, 3.63) is 30.1 Å². The molecule has 1 aromatic heterocycles. The van der Waals surface area contributed by atoms with Gasteiger partial charge >= 0.3 is 0 Å². The van der Waals surface area contributed by atoms with Crippen LogP contribution in [0.15, 0.2) is 24.4 Å². The second-order valence-electron chi connectivity index (χ2n) is 4.32. The first kappa shape index (κ1) is 12.0. The Morgan fingerprint density at radius 2 is 2.06 bits per heavy atom. The molecule has 92 valence electrons. The third kappa shape index (κ3) is 3.51. The van der Waals surface area contributed by atoms with Gasteiger partial charge in [-0.05, 0) is 37.8 Å². The van der Waals surface area contributed by atoms with E-state index in [0.29, 0.717) is 5.69 Å². The van der Waals surface area contributed by atoms with E-state index in [2.05, 4.69) is 15.8 Å². The number of aliphatic hydroxyl groups is 1. The highest BCUT2D eigenvalue weighted by Gasteiger charge is 2.19. The van der Waals surface area contributed by atoms with Gasteiger partial charge in [0.25, 0.3) is 5.91 Å². The smallest absolute Gasteiger partial charge is 0.283 e. The van der Waals surface area contributed by atoms with Crippen LogP contribution in [-0.2, 0) is 0 Å². The van der Waals surface area contributed by atoms with Crippen molar-refractivity contribution in [3.63, 3.8) is 0 Å². The largest absolute Gasteiger partial charge is 0.393 e. The Labute approximate surface area is 100 Å². The molecule has 0 aliphatic heterocycles. The van der Waals surface area contributed by atoms with Crippen molar-refractivity contribution in [2.45, 2.75) is 37.8 Å². The van der Waals surface area contributed by atoms with Crippen LogP contribution in [0.25, 0.3) is 0 Å². The van der Waals surface area contributed by atoms with Gasteiger partial charge in [-0.3, -0.25) is 15.2 Å². The second-order valence-corrected chi connectivity index (χ2v) is 4.32. The highest BCUT2D eigenvalue weighted by molar-refractivity contribution is 5.91. The van der Waals surface area contributed by atoms with Crippen molar-refractivity contribution in [1.29, 1.82) is 0 Å². The number of carbonyl (C=O) groups excluding carboxylic acids is 1. The zero-order valence-corrected chi connectivity index (χ0v) is 9.60. The van der Waals surface area contributed by atoms with Crippen LogP contribution in [0.1, 0.15) is 36.2 Å². The molecular formula is C12H17N3O2. The maximum absolute atomic E-state index is 11.7. The number of nitrogens with one attached hydrogen (secondary N) is 2. The number of hydrogen-bond donors (Lipinski definition) is 3. The molecule has 0 aromatic carbocycles. The van der Waals surface area contributed by atoms with Crippen LogP contribution in [-0.4, -0.2) is 28.1 Å². The van der Waals surface area contributed by atoms with Crippen molar-refractivity contribution in [2.24, 2.45) is 0 Å². The molecule has 1 aromatic rings. The zero-order chi connectivity index (χ0) is 12.1. The van der Waals surface area contributed by atoms with Crippen molar-refractivity contribution in [1.82, 2.24) is 15.8 Å². The molecule has 0 atom stereocenters. The van der Waals surface area contributed by atoms with E-state index in [4.69, 9.17) is 0 Å². The van der Waals surface area contributed by atoms with Gasteiger partial charge < -0.3 is 5.11 Å². The molecule has 0 saturated heterocycles. The Hall–Kier alpha value is -1.46. The van der Waals surface area contributed by atoms with Gasteiger partial charge in [-0.25, -0.2) is 5.43 Å². The number of aromatic nitrogens is 1. The standard InChI is InChI=1S/C12H17N3O2/c16-10-6-4-9(5-7-10)14-15-12(17)11-3-1-2-8-13-11/h1-3,8-10,14,16H,4-7H2,(H,15,17). The lowest BCUT2D eigenvalue weighted by atomic mass is 9.94. The molecule has 5 nitrogen and oxygen atoms in total. The summed E-state index contributed by atoms with van der Waals surface area (Å²) in [7, 11) is 0. The number of rotatable bonds is 3. The number of nitrogens with zero attached hydrogens (tertiary/aromatic N) is 1. The fourth-order valence-electron chi connectivity index (χ4n) is 1.95.